The fourth-order valence-corrected chi connectivity index (χ4v) is 3.77. The van der Waals surface area contributed by atoms with Crippen LogP contribution in [-0.4, -0.2) is 29.7 Å². The molecule has 1 N–H and O–H groups in total. The molecular formula is C20H27NO3. The Bertz CT molecular complexity index is 780. The van der Waals surface area contributed by atoms with E-state index in [0.717, 1.165) is 42.3 Å². The summed E-state index contributed by atoms with van der Waals surface area (Å²) in [5.74, 6) is 0.333. The molecule has 0 radical (unpaired) electrons. The average molecular weight is 329 g/mol. The number of fused-ring (bicyclic) bond motifs is 1. The van der Waals surface area contributed by atoms with Gasteiger partial charge in [0.15, 0.2) is 0 Å². The Morgan fingerprint density at radius 2 is 1.88 bits per heavy atom. The van der Waals surface area contributed by atoms with Crippen LogP contribution >= 0.6 is 0 Å². The number of hydrogen-bond acceptors (Lipinski definition) is 4. The second kappa shape index (κ2) is 7.08. The van der Waals surface area contributed by atoms with E-state index in [9.17, 15) is 9.90 Å². The van der Waals surface area contributed by atoms with Crippen LogP contribution in [0.15, 0.2) is 27.4 Å². The van der Waals surface area contributed by atoms with Gasteiger partial charge in [-0.25, -0.2) is 4.79 Å². The minimum Gasteiger partial charge on any atom is -0.423 e. The van der Waals surface area contributed by atoms with Crippen LogP contribution in [-0.2, 0) is 6.54 Å². The molecule has 1 heterocycles. The highest BCUT2D eigenvalue weighted by molar-refractivity contribution is 5.81. The number of aliphatic hydroxyl groups excluding tert-OH is 1. The van der Waals surface area contributed by atoms with Gasteiger partial charge in [0.25, 0.3) is 0 Å². The van der Waals surface area contributed by atoms with Gasteiger partial charge in [0, 0.05) is 24.5 Å². The maximum atomic E-state index is 11.9. The molecule has 2 aromatic rings. The van der Waals surface area contributed by atoms with E-state index in [4.69, 9.17) is 4.42 Å². The van der Waals surface area contributed by atoms with Crippen LogP contribution in [0.4, 0.5) is 0 Å². The molecule has 1 aliphatic rings. The van der Waals surface area contributed by atoms with E-state index in [1.54, 1.807) is 6.07 Å². The van der Waals surface area contributed by atoms with Crippen molar-refractivity contribution in [2.24, 2.45) is 5.92 Å². The summed E-state index contributed by atoms with van der Waals surface area (Å²) < 4.78 is 5.37. The van der Waals surface area contributed by atoms with Crippen LogP contribution in [0.1, 0.15) is 42.4 Å². The highest BCUT2D eigenvalue weighted by Crippen LogP contribution is 2.26. The summed E-state index contributed by atoms with van der Waals surface area (Å²) >= 11 is 0. The minimum absolute atomic E-state index is 0.191. The van der Waals surface area contributed by atoms with E-state index in [-0.39, 0.29) is 11.7 Å². The zero-order valence-electron chi connectivity index (χ0n) is 14.8. The molecule has 1 aromatic heterocycles. The number of aryl methyl sites for hydroxylation is 2. The Labute approximate surface area is 143 Å². The van der Waals surface area contributed by atoms with Gasteiger partial charge in [-0.15, -0.1) is 0 Å². The second-order valence-corrected chi connectivity index (χ2v) is 7.33. The van der Waals surface area contributed by atoms with Crippen molar-refractivity contribution in [3.63, 3.8) is 0 Å². The number of rotatable bonds is 4. The van der Waals surface area contributed by atoms with Crippen molar-refractivity contribution >= 4 is 11.0 Å². The van der Waals surface area contributed by atoms with Crippen molar-refractivity contribution < 1.29 is 9.52 Å². The Hall–Kier alpha value is -1.65. The van der Waals surface area contributed by atoms with Crippen LogP contribution in [0, 0.1) is 19.8 Å². The lowest BCUT2D eigenvalue weighted by Gasteiger charge is -2.31. The fourth-order valence-electron chi connectivity index (χ4n) is 3.77. The molecule has 0 amide bonds. The number of benzene rings is 1. The predicted octanol–water partition coefficient (Wildman–Crippen LogP) is 3.39. The van der Waals surface area contributed by atoms with Crippen LogP contribution in [0.25, 0.3) is 11.0 Å². The van der Waals surface area contributed by atoms with Gasteiger partial charge < -0.3 is 14.4 Å². The molecule has 2 atom stereocenters. The normalized spacial score (nSPS) is 21.5. The Morgan fingerprint density at radius 3 is 2.62 bits per heavy atom. The molecular weight excluding hydrogens is 302 g/mol. The number of nitrogens with zero attached hydrogens (tertiary/aromatic N) is 1. The summed E-state index contributed by atoms with van der Waals surface area (Å²) in [7, 11) is 2.06. The summed E-state index contributed by atoms with van der Waals surface area (Å²) in [6.45, 7) is 5.64. The number of hydrogen-bond donors (Lipinski definition) is 1. The van der Waals surface area contributed by atoms with Crippen molar-refractivity contribution in [3.8, 4) is 0 Å². The van der Waals surface area contributed by atoms with Gasteiger partial charge in [-0.3, -0.25) is 0 Å². The Morgan fingerprint density at radius 1 is 1.17 bits per heavy atom. The van der Waals surface area contributed by atoms with Gasteiger partial charge in [0.1, 0.15) is 5.58 Å². The lowest BCUT2D eigenvalue weighted by atomic mass is 9.86. The summed E-state index contributed by atoms with van der Waals surface area (Å²) in [6.07, 6.45) is 4.13. The van der Waals surface area contributed by atoms with Gasteiger partial charge in [0.2, 0.25) is 0 Å². The van der Waals surface area contributed by atoms with Gasteiger partial charge in [-0.1, -0.05) is 12.8 Å². The predicted molar refractivity (Wildman–Crippen MR) is 96.3 cm³/mol. The van der Waals surface area contributed by atoms with E-state index in [0.29, 0.717) is 18.0 Å². The maximum Gasteiger partial charge on any atom is 0.336 e. The Kier molecular flexibility index (Phi) is 5.07. The maximum absolute atomic E-state index is 11.9. The van der Waals surface area contributed by atoms with Gasteiger partial charge in [-0.2, -0.15) is 0 Å². The van der Waals surface area contributed by atoms with E-state index in [1.807, 2.05) is 13.0 Å². The molecule has 0 saturated heterocycles. The molecule has 4 heteroatoms. The van der Waals surface area contributed by atoms with Crippen LogP contribution in [0.2, 0.25) is 0 Å². The van der Waals surface area contributed by atoms with Crippen LogP contribution in [0.5, 0.6) is 0 Å². The summed E-state index contributed by atoms with van der Waals surface area (Å²) in [4.78, 5) is 14.1. The molecule has 24 heavy (non-hydrogen) atoms. The first-order valence-electron chi connectivity index (χ1n) is 8.84. The second-order valence-electron chi connectivity index (χ2n) is 7.33. The molecule has 3 rings (SSSR count). The monoisotopic (exact) mass is 329 g/mol. The summed E-state index contributed by atoms with van der Waals surface area (Å²) in [6, 6.07) is 5.65. The molecule has 0 bridgehead atoms. The minimum atomic E-state index is -0.299. The topological polar surface area (TPSA) is 53.7 Å². The van der Waals surface area contributed by atoms with Crippen LogP contribution in [0.3, 0.4) is 0 Å². The highest BCUT2D eigenvalue weighted by atomic mass is 16.4. The van der Waals surface area contributed by atoms with E-state index in [1.165, 1.54) is 12.0 Å². The molecule has 1 saturated carbocycles. The summed E-state index contributed by atoms with van der Waals surface area (Å²) in [5, 5.41) is 11.2. The van der Waals surface area contributed by atoms with Gasteiger partial charge in [0.05, 0.1) is 6.10 Å². The van der Waals surface area contributed by atoms with E-state index >= 15 is 0 Å². The van der Waals surface area contributed by atoms with Crippen molar-refractivity contribution in [1.29, 1.82) is 0 Å². The van der Waals surface area contributed by atoms with Gasteiger partial charge in [-0.05, 0) is 68.5 Å². The lowest BCUT2D eigenvalue weighted by molar-refractivity contribution is 0.0502. The standard InChI is InChI=1S/C20H27NO3/c1-13-8-17-16(10-20(23)24-19(17)9-14(13)2)12-21(3)11-15-6-4-5-7-18(15)22/h8-10,15,18,22H,4-7,11-12H2,1-3H3. The third-order valence-corrected chi connectivity index (χ3v) is 5.30. The molecule has 0 aliphatic heterocycles. The molecule has 4 nitrogen and oxygen atoms in total. The third-order valence-electron chi connectivity index (χ3n) is 5.30. The molecule has 1 aliphatic carbocycles. The highest BCUT2D eigenvalue weighted by Gasteiger charge is 2.24. The molecule has 2 unspecified atom stereocenters. The van der Waals surface area contributed by atoms with Crippen molar-refractivity contribution in [1.82, 2.24) is 4.90 Å². The Balaban J connectivity index is 1.83. The molecule has 1 fully saturated rings. The molecule has 0 spiro atoms. The molecule has 1 aromatic carbocycles. The summed E-state index contributed by atoms with van der Waals surface area (Å²) in [5.41, 5.74) is 3.68. The van der Waals surface area contributed by atoms with Crippen molar-refractivity contribution in [3.05, 3.63) is 45.3 Å². The zero-order valence-corrected chi connectivity index (χ0v) is 14.8. The van der Waals surface area contributed by atoms with Gasteiger partial charge >= 0.3 is 5.63 Å². The largest absolute Gasteiger partial charge is 0.423 e. The first-order valence-corrected chi connectivity index (χ1v) is 8.84. The zero-order chi connectivity index (χ0) is 17.3. The van der Waals surface area contributed by atoms with Crippen molar-refractivity contribution in [2.45, 2.75) is 52.2 Å². The van der Waals surface area contributed by atoms with Crippen molar-refractivity contribution in [2.75, 3.05) is 13.6 Å². The SMILES string of the molecule is Cc1cc2oc(=O)cc(CN(C)CC3CCCCC3O)c2cc1C. The smallest absolute Gasteiger partial charge is 0.336 e. The fraction of sp³-hybridized carbons (Fsp3) is 0.550. The third kappa shape index (κ3) is 3.70. The first-order chi connectivity index (χ1) is 11.4. The molecule has 130 valence electrons. The lowest BCUT2D eigenvalue weighted by Crippen LogP contribution is -2.34. The first kappa shape index (κ1) is 17.2. The quantitative estimate of drug-likeness (QED) is 0.874. The van der Waals surface area contributed by atoms with Crippen LogP contribution < -0.4 is 5.63 Å². The number of aliphatic hydroxyl groups is 1. The van der Waals surface area contributed by atoms with E-state index in [2.05, 4.69) is 24.9 Å². The van der Waals surface area contributed by atoms with E-state index < -0.39 is 0 Å². The average Bonchev–Trinajstić information content (AvgIpc) is 2.51.